The van der Waals surface area contributed by atoms with Gasteiger partial charge in [-0.2, -0.15) is 0 Å². The first-order valence-corrected chi connectivity index (χ1v) is 13.5. The van der Waals surface area contributed by atoms with Crippen LogP contribution in [0.25, 0.3) is 0 Å². The van der Waals surface area contributed by atoms with Gasteiger partial charge in [0.15, 0.2) is 0 Å². The number of ketones is 4. The molecule has 0 aliphatic rings. The summed E-state index contributed by atoms with van der Waals surface area (Å²) in [5.74, 6) is -6.04. The number of Topliss-reactive ketones (excluding diaryl/α,β-unsaturated/α-hetero) is 4. The molecule has 0 atom stereocenters. The van der Waals surface area contributed by atoms with E-state index in [4.69, 9.17) is 0 Å². The summed E-state index contributed by atoms with van der Waals surface area (Å²) in [6.45, 7) is 7.80. The molecule has 0 heterocycles. The zero-order valence-corrected chi connectivity index (χ0v) is 26.3. The van der Waals surface area contributed by atoms with Crippen molar-refractivity contribution in [3.63, 3.8) is 0 Å². The third-order valence-electron chi connectivity index (χ3n) is 4.60. The van der Waals surface area contributed by atoms with E-state index in [-0.39, 0.29) is 44.9 Å². The van der Waals surface area contributed by atoms with Crippen molar-refractivity contribution in [2.24, 2.45) is 0 Å². The molecule has 0 aliphatic carbocycles. The van der Waals surface area contributed by atoms with Crippen LogP contribution in [0.1, 0.15) is 130 Å². The summed E-state index contributed by atoms with van der Waals surface area (Å²) in [6.07, 6.45) is 6.48. The van der Waals surface area contributed by atoms with Crippen molar-refractivity contribution >= 4 is 47.0 Å². The van der Waals surface area contributed by atoms with Crippen LogP contribution in [0, 0.1) is 0 Å². The van der Waals surface area contributed by atoms with E-state index in [1.165, 1.54) is 0 Å². The van der Waals surface area contributed by atoms with E-state index in [9.17, 15) is 58.8 Å². The Morgan fingerprint density at radius 2 is 0.512 bits per heavy atom. The summed E-state index contributed by atoms with van der Waals surface area (Å²) in [6, 6.07) is 0. The van der Waals surface area contributed by atoms with Crippen molar-refractivity contribution in [2.45, 2.75) is 130 Å². The second kappa shape index (κ2) is 35.3. The molecule has 0 aromatic carbocycles. The van der Waals surface area contributed by atoms with Crippen molar-refractivity contribution in [1.82, 2.24) is 0 Å². The number of carbonyl (C=O) groups excluding carboxylic acids is 8. The molecule has 232 valence electrons. The molecule has 0 spiro atoms. The summed E-state index contributed by atoms with van der Waals surface area (Å²) >= 11 is 0. The van der Waals surface area contributed by atoms with E-state index >= 15 is 0 Å². The van der Waals surface area contributed by atoms with Gasteiger partial charge in [-0.1, -0.05) is 53.4 Å². The van der Waals surface area contributed by atoms with Crippen LogP contribution in [-0.2, 0) is 60.1 Å². The van der Waals surface area contributed by atoms with Crippen LogP contribution in [0.15, 0.2) is 0 Å². The predicted octanol–water partition coefficient (Wildman–Crippen LogP) is -0.460. The summed E-state index contributed by atoms with van der Waals surface area (Å²) in [7, 11) is 0. The van der Waals surface area contributed by atoms with Crippen LogP contribution >= 0.6 is 0 Å². The Balaban J connectivity index is -0.000000139. The molecule has 0 aromatic rings. The average molecular weight is 621 g/mol. The number of unbranched alkanes of at least 4 members (excludes halogenated alkanes) is 4. The van der Waals surface area contributed by atoms with Crippen molar-refractivity contribution < 1.29 is 80.5 Å². The van der Waals surface area contributed by atoms with Gasteiger partial charge in [0.25, 0.3) is 0 Å². The smallest absolute Gasteiger partial charge is 0.550 e. The summed E-state index contributed by atoms with van der Waals surface area (Å²) in [5.41, 5.74) is 0. The van der Waals surface area contributed by atoms with Gasteiger partial charge in [-0.05, 0) is 25.7 Å². The number of aliphatic carboxylic acids is 4. The predicted molar refractivity (Wildman–Crippen MR) is 137 cm³/mol. The minimum Gasteiger partial charge on any atom is -0.550 e. The molecule has 0 N–H and O–H groups in total. The van der Waals surface area contributed by atoms with Gasteiger partial charge in [0.1, 0.15) is 23.1 Å². The normalized spacial score (nSPS) is 9.07. The fraction of sp³-hybridized carbons (Fsp3) is 0.714. The Morgan fingerprint density at radius 1 is 0.366 bits per heavy atom. The molecule has 41 heavy (non-hydrogen) atoms. The third kappa shape index (κ3) is 54.1. The van der Waals surface area contributed by atoms with Crippen LogP contribution in [0.2, 0.25) is 0 Å². The maximum atomic E-state index is 10.6. The third-order valence-corrected chi connectivity index (χ3v) is 4.60. The molecular formula is C28H44O12Ti. The van der Waals surface area contributed by atoms with Gasteiger partial charge in [0.2, 0.25) is 0 Å². The first kappa shape index (κ1) is 48.0. The van der Waals surface area contributed by atoms with Gasteiger partial charge >= 0.3 is 21.7 Å². The molecule has 0 bridgehead atoms. The van der Waals surface area contributed by atoms with Crippen LogP contribution in [-0.4, -0.2) is 47.0 Å². The molecule has 0 rings (SSSR count). The van der Waals surface area contributed by atoms with E-state index in [1.54, 1.807) is 0 Å². The van der Waals surface area contributed by atoms with Crippen molar-refractivity contribution in [1.29, 1.82) is 0 Å². The Kier molecular flexibility index (Phi) is 41.4. The van der Waals surface area contributed by atoms with Gasteiger partial charge in [0, 0.05) is 75.2 Å². The molecule has 0 unspecified atom stereocenters. The molecule has 0 saturated carbocycles. The maximum Gasteiger partial charge on any atom is 4.00 e. The van der Waals surface area contributed by atoms with Gasteiger partial charge < -0.3 is 39.6 Å². The van der Waals surface area contributed by atoms with Gasteiger partial charge in [0.05, 0.1) is 0 Å². The zero-order valence-electron chi connectivity index (χ0n) is 24.7. The largest absolute Gasteiger partial charge is 4.00 e. The van der Waals surface area contributed by atoms with E-state index < -0.39 is 49.6 Å². The summed E-state index contributed by atoms with van der Waals surface area (Å²) < 4.78 is 0. The monoisotopic (exact) mass is 620 g/mol. The number of hydrogen-bond acceptors (Lipinski definition) is 12. The van der Waals surface area contributed by atoms with Crippen LogP contribution in [0.4, 0.5) is 0 Å². The van der Waals surface area contributed by atoms with Crippen LogP contribution in [0.5, 0.6) is 0 Å². The van der Waals surface area contributed by atoms with Crippen LogP contribution < -0.4 is 20.4 Å². The fourth-order valence-electron chi connectivity index (χ4n) is 2.49. The summed E-state index contributed by atoms with van der Waals surface area (Å²) in [5, 5.41) is 39.4. The Morgan fingerprint density at radius 3 is 0.610 bits per heavy atom. The van der Waals surface area contributed by atoms with E-state index in [2.05, 4.69) is 0 Å². The number of carboxylic acid groups (broad SMARTS) is 4. The van der Waals surface area contributed by atoms with E-state index in [1.807, 2.05) is 27.7 Å². The number of carboxylic acids is 4. The first-order valence-electron chi connectivity index (χ1n) is 13.5. The number of rotatable bonds is 20. The molecule has 0 saturated heterocycles. The summed E-state index contributed by atoms with van der Waals surface area (Å²) in [4.78, 5) is 81.7. The number of carbonyl (C=O) groups is 8. The molecule has 0 aliphatic heterocycles. The maximum absolute atomic E-state index is 10.6. The number of hydrogen-bond donors (Lipinski definition) is 0. The topological polar surface area (TPSA) is 229 Å². The molecule has 0 amide bonds. The molecule has 0 radical (unpaired) electrons. The van der Waals surface area contributed by atoms with E-state index in [0.29, 0.717) is 25.7 Å². The molecule has 0 fully saturated rings. The van der Waals surface area contributed by atoms with Gasteiger partial charge in [-0.3, -0.25) is 19.2 Å². The second-order valence-electron chi connectivity index (χ2n) is 8.76. The SMILES string of the molecule is CCCCC(=O)CC(=O)[O-].CCCCC(=O)CC(=O)[O-].CCCCC(=O)CC(=O)[O-].CCCCC(=O)CC(=O)[O-].[Ti+4]. The Labute approximate surface area is 257 Å². The van der Waals surface area contributed by atoms with E-state index in [0.717, 1.165) is 51.4 Å². The molecule has 13 heteroatoms. The first-order chi connectivity index (χ1) is 18.7. The molecular weight excluding hydrogens is 576 g/mol. The second-order valence-corrected chi connectivity index (χ2v) is 8.76. The standard InChI is InChI=1S/4C7H12O3.Ti/c4*1-2-3-4-6(8)5-7(9)10;/h4*2-5H2,1H3,(H,9,10);/q;;;;+4/p-4. The van der Waals surface area contributed by atoms with Crippen molar-refractivity contribution in [3.8, 4) is 0 Å². The average Bonchev–Trinajstić information content (AvgIpc) is 2.83. The Bertz CT molecular complexity index is 650. The van der Waals surface area contributed by atoms with Gasteiger partial charge in [-0.25, -0.2) is 0 Å². The molecule has 12 nitrogen and oxygen atoms in total. The quantitative estimate of drug-likeness (QED) is 0.124. The Hall–Kier alpha value is -2.73. The van der Waals surface area contributed by atoms with Crippen LogP contribution in [0.3, 0.4) is 0 Å². The van der Waals surface area contributed by atoms with Crippen molar-refractivity contribution in [3.05, 3.63) is 0 Å². The minimum absolute atomic E-state index is 0. The zero-order chi connectivity index (χ0) is 31.9. The fourth-order valence-corrected chi connectivity index (χ4v) is 2.49. The van der Waals surface area contributed by atoms with Gasteiger partial charge in [-0.15, -0.1) is 0 Å². The minimum atomic E-state index is -1.28. The van der Waals surface area contributed by atoms with Crippen molar-refractivity contribution in [2.75, 3.05) is 0 Å². The molecule has 0 aromatic heterocycles.